The van der Waals surface area contributed by atoms with Gasteiger partial charge in [0.15, 0.2) is 11.6 Å². The molecule has 12 nitrogen and oxygen atoms in total. The summed E-state index contributed by atoms with van der Waals surface area (Å²) < 4.78 is 0. The summed E-state index contributed by atoms with van der Waals surface area (Å²) in [6.45, 7) is 1.71. The number of benzene rings is 2. The molecule has 3 aliphatic carbocycles. The van der Waals surface area contributed by atoms with E-state index in [1.165, 1.54) is 6.07 Å². The topological polar surface area (TPSA) is 203 Å². The molecule has 0 radical (unpaired) electrons. The van der Waals surface area contributed by atoms with Crippen LogP contribution in [0.3, 0.4) is 0 Å². The average Bonchev–Trinajstić information content (AvgIpc) is 2.90. The van der Waals surface area contributed by atoms with Crippen molar-refractivity contribution in [2.45, 2.75) is 31.1 Å². The molecule has 8 atom stereocenters. The third-order valence-electron chi connectivity index (χ3n) is 8.64. The molecule has 41 heavy (non-hydrogen) atoms. The Balaban J connectivity index is 1.57. The van der Waals surface area contributed by atoms with Crippen LogP contribution in [-0.4, -0.2) is 81.2 Å². The maximum atomic E-state index is 14.0. The standard InChI is InChI=1S/C29H32N4O8/c1-11-13-9-10-14(32-29(41)31-12-7-5-4-6-8-12)22(34)16(13)24(36)18-15(11)23(35)17-19(25(18)37)26(38)20(28(30)40)27(39)21(17)33(2)3/h4-11,15,17,19-21,23,27,34-36,39H,1-3H3,(H2,30,40)(H2,31,32,41)/t11-,15?,17?,19?,20?,21-,23-,27?/m0/s1. The number of para-hydroxylation sites is 1. The Bertz CT molecular complexity index is 1470. The van der Waals surface area contributed by atoms with E-state index in [2.05, 4.69) is 10.6 Å². The van der Waals surface area contributed by atoms with Crippen molar-refractivity contribution in [3.8, 4) is 5.75 Å². The summed E-state index contributed by atoms with van der Waals surface area (Å²) in [5, 5.41) is 50.3. The normalized spacial score (nSPS) is 30.8. The molecule has 0 bridgehead atoms. The van der Waals surface area contributed by atoms with E-state index < -0.39 is 82.9 Å². The molecule has 0 aromatic heterocycles. The lowest BCUT2D eigenvalue weighted by atomic mass is 9.54. The van der Waals surface area contributed by atoms with Gasteiger partial charge in [-0.3, -0.25) is 14.4 Å². The predicted octanol–water partition coefficient (Wildman–Crippen LogP) is 1.19. The van der Waals surface area contributed by atoms with E-state index in [1.807, 2.05) is 0 Å². The number of carbonyl (C=O) groups excluding carboxylic acids is 4. The molecule has 12 heteroatoms. The fourth-order valence-electron chi connectivity index (χ4n) is 6.87. The molecule has 0 heterocycles. The molecule has 0 aliphatic heterocycles. The Hall–Kier alpha value is -4.26. The van der Waals surface area contributed by atoms with Crippen LogP contribution in [0.15, 0.2) is 48.0 Å². The van der Waals surface area contributed by atoms with Gasteiger partial charge in [-0.2, -0.15) is 0 Å². The van der Waals surface area contributed by atoms with Crippen LogP contribution in [0.5, 0.6) is 5.75 Å². The first-order valence-corrected chi connectivity index (χ1v) is 13.2. The number of nitrogens with zero attached hydrogens (tertiary/aromatic N) is 1. The van der Waals surface area contributed by atoms with Gasteiger partial charge in [-0.15, -0.1) is 0 Å². The molecule has 2 fully saturated rings. The van der Waals surface area contributed by atoms with Crippen molar-refractivity contribution in [2.24, 2.45) is 29.4 Å². The van der Waals surface area contributed by atoms with Gasteiger partial charge in [-0.25, -0.2) is 4.79 Å². The highest BCUT2D eigenvalue weighted by molar-refractivity contribution is 6.19. The highest BCUT2D eigenvalue weighted by atomic mass is 16.3. The first-order valence-electron chi connectivity index (χ1n) is 13.2. The van der Waals surface area contributed by atoms with Crippen molar-refractivity contribution in [2.75, 3.05) is 24.7 Å². The predicted molar refractivity (Wildman–Crippen MR) is 148 cm³/mol. The maximum absolute atomic E-state index is 14.0. The number of aromatic hydroxyl groups is 1. The number of likely N-dealkylation sites (N-methyl/N-ethyl adjacent to an activating group) is 1. The number of hydrogen-bond acceptors (Lipinski definition) is 9. The summed E-state index contributed by atoms with van der Waals surface area (Å²) in [4.78, 5) is 53.7. The Morgan fingerprint density at radius 3 is 2.22 bits per heavy atom. The van der Waals surface area contributed by atoms with Crippen LogP contribution in [0.4, 0.5) is 16.2 Å². The number of amides is 3. The monoisotopic (exact) mass is 564 g/mol. The number of phenols is 1. The lowest BCUT2D eigenvalue weighted by molar-refractivity contribution is -0.166. The largest absolute Gasteiger partial charge is 0.507 e. The summed E-state index contributed by atoms with van der Waals surface area (Å²) in [5.41, 5.74) is 5.93. The summed E-state index contributed by atoms with van der Waals surface area (Å²) in [7, 11) is 3.19. The molecular weight excluding hydrogens is 532 g/mol. The minimum absolute atomic E-state index is 0.0463. The van der Waals surface area contributed by atoms with Gasteiger partial charge in [0.25, 0.3) is 0 Å². The van der Waals surface area contributed by atoms with Crippen LogP contribution in [0.25, 0.3) is 5.76 Å². The van der Waals surface area contributed by atoms with E-state index >= 15 is 0 Å². The molecular formula is C29H32N4O8. The molecule has 5 unspecified atom stereocenters. The number of urea groups is 1. The molecule has 5 rings (SSSR count). The van der Waals surface area contributed by atoms with Gasteiger partial charge >= 0.3 is 6.03 Å². The van der Waals surface area contributed by atoms with Gasteiger partial charge < -0.3 is 41.7 Å². The van der Waals surface area contributed by atoms with Crippen molar-refractivity contribution in [1.82, 2.24) is 4.90 Å². The molecule has 3 amide bonds. The number of carbonyl (C=O) groups is 4. The summed E-state index contributed by atoms with van der Waals surface area (Å²) in [6.07, 6.45) is -2.93. The number of hydrogen-bond donors (Lipinski definition) is 7. The lowest BCUT2D eigenvalue weighted by Crippen LogP contribution is -2.68. The third kappa shape index (κ3) is 4.35. The van der Waals surface area contributed by atoms with E-state index in [-0.39, 0.29) is 16.8 Å². The van der Waals surface area contributed by atoms with Gasteiger partial charge in [0.05, 0.1) is 29.4 Å². The molecule has 0 saturated heterocycles. The van der Waals surface area contributed by atoms with Crippen molar-refractivity contribution >= 4 is 40.6 Å². The molecule has 2 aromatic rings. The number of nitrogens with one attached hydrogen (secondary N) is 2. The first-order chi connectivity index (χ1) is 19.4. The van der Waals surface area contributed by atoms with Crippen LogP contribution in [0, 0.1) is 23.7 Å². The average molecular weight is 565 g/mol. The third-order valence-corrected chi connectivity index (χ3v) is 8.64. The summed E-state index contributed by atoms with van der Waals surface area (Å²) in [6, 6.07) is 9.99. The van der Waals surface area contributed by atoms with Gasteiger partial charge in [-0.1, -0.05) is 31.2 Å². The van der Waals surface area contributed by atoms with E-state index in [1.54, 1.807) is 62.3 Å². The molecule has 0 spiro atoms. The fourth-order valence-corrected chi connectivity index (χ4v) is 6.87. The zero-order chi connectivity index (χ0) is 29.9. The number of aliphatic hydroxyl groups excluding tert-OH is 3. The van der Waals surface area contributed by atoms with Crippen LogP contribution >= 0.6 is 0 Å². The second-order valence-electron chi connectivity index (χ2n) is 11.1. The SMILES string of the molecule is C[C@H]1c2ccc(NC(=O)Nc3ccccc3)c(O)c2C(O)=C2C(=O)C3C(=O)C(C(N)=O)C(O)[C@@H](N(C)C)C3[C@@H](O)C21. The van der Waals surface area contributed by atoms with Crippen LogP contribution in [0.2, 0.25) is 0 Å². The second-order valence-corrected chi connectivity index (χ2v) is 11.1. The molecule has 216 valence electrons. The van der Waals surface area contributed by atoms with E-state index in [0.29, 0.717) is 11.3 Å². The van der Waals surface area contributed by atoms with Crippen molar-refractivity contribution < 1.29 is 39.6 Å². The van der Waals surface area contributed by atoms with Gasteiger partial charge in [0.1, 0.15) is 17.4 Å². The Morgan fingerprint density at radius 2 is 1.61 bits per heavy atom. The van der Waals surface area contributed by atoms with E-state index in [4.69, 9.17) is 5.73 Å². The van der Waals surface area contributed by atoms with Crippen molar-refractivity contribution in [1.29, 1.82) is 0 Å². The minimum atomic E-state index is -1.68. The van der Waals surface area contributed by atoms with E-state index in [0.717, 1.165) is 0 Å². The number of anilines is 2. The number of aliphatic hydroxyl groups is 3. The number of Topliss-reactive ketones (excluding diaryl/α,β-unsaturated/α-hetero) is 2. The number of phenolic OH excluding ortho intramolecular Hbond substituents is 1. The lowest BCUT2D eigenvalue weighted by Gasteiger charge is -2.53. The Morgan fingerprint density at radius 1 is 0.951 bits per heavy atom. The number of primary amides is 1. The Kier molecular flexibility index (Phi) is 7.10. The minimum Gasteiger partial charge on any atom is -0.507 e. The van der Waals surface area contributed by atoms with E-state index in [9.17, 15) is 39.6 Å². The first kappa shape index (κ1) is 28.3. The number of fused-ring (bicyclic) bond motifs is 3. The van der Waals surface area contributed by atoms with Crippen molar-refractivity contribution in [3.63, 3.8) is 0 Å². The van der Waals surface area contributed by atoms with Crippen LogP contribution < -0.4 is 16.4 Å². The summed E-state index contributed by atoms with van der Waals surface area (Å²) in [5.74, 6) is -9.90. The smallest absolute Gasteiger partial charge is 0.323 e. The van der Waals surface area contributed by atoms with Gasteiger partial charge in [-0.05, 0) is 43.8 Å². The maximum Gasteiger partial charge on any atom is 0.323 e. The Labute approximate surface area is 235 Å². The van der Waals surface area contributed by atoms with Crippen LogP contribution in [-0.2, 0) is 14.4 Å². The zero-order valence-electron chi connectivity index (χ0n) is 22.6. The molecule has 2 aromatic carbocycles. The molecule has 3 aliphatic rings. The number of nitrogens with two attached hydrogens (primary N) is 1. The fraction of sp³-hybridized carbons (Fsp3) is 0.379. The highest BCUT2D eigenvalue weighted by Gasteiger charge is 2.63. The zero-order valence-corrected chi connectivity index (χ0v) is 22.6. The van der Waals surface area contributed by atoms with Gasteiger partial charge in [0, 0.05) is 29.1 Å². The van der Waals surface area contributed by atoms with Crippen molar-refractivity contribution in [3.05, 3.63) is 59.2 Å². The number of rotatable bonds is 4. The highest BCUT2D eigenvalue weighted by Crippen LogP contribution is 2.55. The second kappa shape index (κ2) is 10.3. The summed E-state index contributed by atoms with van der Waals surface area (Å²) >= 11 is 0. The number of ketones is 2. The van der Waals surface area contributed by atoms with Crippen LogP contribution in [0.1, 0.15) is 24.0 Å². The van der Waals surface area contributed by atoms with Gasteiger partial charge in [0.2, 0.25) is 5.91 Å². The molecule has 2 saturated carbocycles. The molecule has 8 N–H and O–H groups in total. The quantitative estimate of drug-likeness (QED) is 0.210.